The highest BCUT2D eigenvalue weighted by molar-refractivity contribution is 5.99. The number of methoxy groups -OCH3 is 1. The van der Waals surface area contributed by atoms with Crippen LogP contribution >= 0.6 is 12.4 Å². The van der Waals surface area contributed by atoms with Gasteiger partial charge in [0, 0.05) is 18.8 Å². The first-order valence-electron chi connectivity index (χ1n) is 6.44. The first-order chi connectivity index (χ1) is 9.61. The van der Waals surface area contributed by atoms with Crippen LogP contribution in [0.1, 0.15) is 16.8 Å². The van der Waals surface area contributed by atoms with E-state index in [-0.39, 0.29) is 36.8 Å². The van der Waals surface area contributed by atoms with Crippen molar-refractivity contribution < 1.29 is 19.1 Å². The molecule has 7 heteroatoms. The molecule has 21 heavy (non-hydrogen) atoms. The number of nitrogen functional groups attached to an aromatic ring is 1. The Bertz CT molecular complexity index is 510. The Labute approximate surface area is 129 Å². The monoisotopic (exact) mass is 314 g/mol. The van der Waals surface area contributed by atoms with Gasteiger partial charge < -0.3 is 20.1 Å². The standard InChI is InChI=1S/C14H18N2O4.ClH/c1-19-13(17)8-10-9-16(6-7-20-10)14(18)11-4-2-3-5-12(11)15;/h2-5,10H,6-9,15H2,1H3;1H. The third-order valence-corrected chi connectivity index (χ3v) is 3.24. The van der Waals surface area contributed by atoms with Crippen molar-refractivity contribution in [2.75, 3.05) is 32.5 Å². The Balaban J connectivity index is 0.00000220. The zero-order valence-electron chi connectivity index (χ0n) is 11.8. The second-order valence-corrected chi connectivity index (χ2v) is 4.61. The van der Waals surface area contributed by atoms with Crippen LogP contribution in [0.15, 0.2) is 24.3 Å². The fourth-order valence-corrected chi connectivity index (χ4v) is 2.16. The smallest absolute Gasteiger partial charge is 0.308 e. The Morgan fingerprint density at radius 3 is 2.81 bits per heavy atom. The van der Waals surface area contributed by atoms with Crippen molar-refractivity contribution in [1.29, 1.82) is 0 Å². The van der Waals surface area contributed by atoms with Gasteiger partial charge in [-0.1, -0.05) is 12.1 Å². The second kappa shape index (κ2) is 7.85. The van der Waals surface area contributed by atoms with Gasteiger partial charge in [0.25, 0.3) is 5.91 Å². The minimum atomic E-state index is -0.344. The number of nitrogens with two attached hydrogens (primary N) is 1. The first-order valence-corrected chi connectivity index (χ1v) is 6.44. The molecule has 0 bridgehead atoms. The maximum atomic E-state index is 12.4. The van der Waals surface area contributed by atoms with Gasteiger partial charge >= 0.3 is 5.97 Å². The van der Waals surface area contributed by atoms with Crippen LogP contribution in [0.25, 0.3) is 0 Å². The van der Waals surface area contributed by atoms with Crippen LogP contribution in [0.5, 0.6) is 0 Å². The molecule has 116 valence electrons. The van der Waals surface area contributed by atoms with Gasteiger partial charge in [-0.05, 0) is 12.1 Å². The first kappa shape index (κ1) is 17.3. The molecular formula is C14H19ClN2O4. The van der Waals surface area contributed by atoms with Gasteiger partial charge in [0.2, 0.25) is 0 Å². The van der Waals surface area contributed by atoms with Gasteiger partial charge in [-0.25, -0.2) is 0 Å². The predicted molar refractivity (Wildman–Crippen MR) is 80.4 cm³/mol. The Morgan fingerprint density at radius 1 is 1.43 bits per heavy atom. The van der Waals surface area contributed by atoms with E-state index in [2.05, 4.69) is 4.74 Å². The number of rotatable bonds is 3. The number of amides is 1. The molecule has 0 radical (unpaired) electrons. The van der Waals surface area contributed by atoms with Crippen LogP contribution in [-0.2, 0) is 14.3 Å². The van der Waals surface area contributed by atoms with Gasteiger partial charge in [-0.2, -0.15) is 0 Å². The average Bonchev–Trinajstić information content (AvgIpc) is 2.47. The molecule has 1 aliphatic rings. The topological polar surface area (TPSA) is 81.9 Å². The van der Waals surface area contributed by atoms with Gasteiger partial charge in [-0.15, -0.1) is 12.4 Å². The quantitative estimate of drug-likeness (QED) is 0.667. The van der Waals surface area contributed by atoms with Crippen LogP contribution < -0.4 is 5.73 Å². The molecule has 1 heterocycles. The van der Waals surface area contributed by atoms with Crippen LogP contribution in [0, 0.1) is 0 Å². The summed E-state index contributed by atoms with van der Waals surface area (Å²) in [7, 11) is 1.33. The van der Waals surface area contributed by atoms with E-state index in [1.54, 1.807) is 29.2 Å². The number of para-hydroxylation sites is 1. The summed E-state index contributed by atoms with van der Waals surface area (Å²) in [5.74, 6) is -0.482. The summed E-state index contributed by atoms with van der Waals surface area (Å²) in [5.41, 5.74) is 6.74. The molecule has 0 saturated carbocycles. The van der Waals surface area contributed by atoms with E-state index in [0.717, 1.165) is 0 Å². The van der Waals surface area contributed by atoms with E-state index in [1.165, 1.54) is 7.11 Å². The number of carbonyl (C=O) groups is 2. The lowest BCUT2D eigenvalue weighted by Gasteiger charge is -2.32. The predicted octanol–water partition coefficient (Wildman–Crippen LogP) is 1.09. The highest BCUT2D eigenvalue weighted by atomic mass is 35.5. The highest BCUT2D eigenvalue weighted by Gasteiger charge is 2.27. The van der Waals surface area contributed by atoms with E-state index in [9.17, 15) is 9.59 Å². The Morgan fingerprint density at radius 2 is 2.14 bits per heavy atom. The number of anilines is 1. The lowest BCUT2D eigenvalue weighted by Crippen LogP contribution is -2.46. The lowest BCUT2D eigenvalue weighted by molar-refractivity contribution is -0.145. The number of morpholine rings is 1. The van der Waals surface area contributed by atoms with Crippen LogP contribution in [0.3, 0.4) is 0 Å². The summed E-state index contributed by atoms with van der Waals surface area (Å²) >= 11 is 0. The summed E-state index contributed by atoms with van der Waals surface area (Å²) in [6, 6.07) is 6.95. The average molecular weight is 315 g/mol. The summed E-state index contributed by atoms with van der Waals surface area (Å²) in [4.78, 5) is 25.3. The van der Waals surface area contributed by atoms with Crippen LogP contribution in [0.2, 0.25) is 0 Å². The highest BCUT2D eigenvalue weighted by Crippen LogP contribution is 2.17. The zero-order valence-corrected chi connectivity index (χ0v) is 12.6. The Hall–Kier alpha value is -1.79. The molecule has 2 N–H and O–H groups in total. The molecule has 0 aromatic heterocycles. The lowest BCUT2D eigenvalue weighted by atomic mass is 10.1. The fraction of sp³-hybridized carbons (Fsp3) is 0.429. The van der Waals surface area contributed by atoms with Crippen molar-refractivity contribution in [3.8, 4) is 0 Å². The maximum absolute atomic E-state index is 12.4. The molecule has 6 nitrogen and oxygen atoms in total. The summed E-state index contributed by atoms with van der Waals surface area (Å²) < 4.78 is 10.1. The van der Waals surface area contributed by atoms with E-state index in [4.69, 9.17) is 10.5 Å². The van der Waals surface area contributed by atoms with Crippen molar-refractivity contribution in [3.05, 3.63) is 29.8 Å². The van der Waals surface area contributed by atoms with Gasteiger partial charge in [-0.3, -0.25) is 9.59 Å². The van der Waals surface area contributed by atoms with Gasteiger partial charge in [0.15, 0.2) is 0 Å². The number of carbonyl (C=O) groups excluding carboxylic acids is 2. The van der Waals surface area contributed by atoms with E-state index >= 15 is 0 Å². The number of ether oxygens (including phenoxy) is 2. The largest absolute Gasteiger partial charge is 0.469 e. The molecule has 0 aliphatic carbocycles. The molecular weight excluding hydrogens is 296 g/mol. The normalized spacial score (nSPS) is 17.8. The number of halogens is 1. The summed E-state index contributed by atoms with van der Waals surface area (Å²) in [5, 5.41) is 0. The number of nitrogens with zero attached hydrogens (tertiary/aromatic N) is 1. The summed E-state index contributed by atoms with van der Waals surface area (Å²) in [6.45, 7) is 1.26. The molecule has 1 atom stereocenters. The van der Waals surface area contributed by atoms with Crippen LogP contribution in [0.4, 0.5) is 5.69 Å². The molecule has 1 aliphatic heterocycles. The number of esters is 1. The van der Waals surface area contributed by atoms with Crippen molar-refractivity contribution >= 4 is 30.0 Å². The maximum Gasteiger partial charge on any atom is 0.308 e. The molecule has 1 fully saturated rings. The number of hydrogen-bond acceptors (Lipinski definition) is 5. The molecule has 1 aromatic carbocycles. The fourth-order valence-electron chi connectivity index (χ4n) is 2.16. The van der Waals surface area contributed by atoms with E-state index < -0.39 is 0 Å². The molecule has 1 saturated heterocycles. The molecule has 1 amide bonds. The minimum Gasteiger partial charge on any atom is -0.469 e. The molecule has 1 aromatic rings. The second-order valence-electron chi connectivity index (χ2n) is 4.61. The van der Waals surface area contributed by atoms with Crippen molar-refractivity contribution in [1.82, 2.24) is 4.90 Å². The van der Waals surface area contributed by atoms with Crippen LogP contribution in [-0.4, -0.2) is 49.7 Å². The minimum absolute atomic E-state index is 0. The number of hydrogen-bond donors (Lipinski definition) is 1. The van der Waals surface area contributed by atoms with E-state index in [1.807, 2.05) is 0 Å². The number of benzene rings is 1. The van der Waals surface area contributed by atoms with Crippen molar-refractivity contribution in [3.63, 3.8) is 0 Å². The third-order valence-electron chi connectivity index (χ3n) is 3.24. The molecule has 1 unspecified atom stereocenters. The van der Waals surface area contributed by atoms with Crippen molar-refractivity contribution in [2.45, 2.75) is 12.5 Å². The summed E-state index contributed by atoms with van der Waals surface area (Å²) in [6.07, 6.45) is -0.185. The SMILES string of the molecule is COC(=O)CC1CN(C(=O)c2ccccc2N)CCO1.Cl. The third kappa shape index (κ3) is 4.34. The van der Waals surface area contributed by atoms with Crippen molar-refractivity contribution in [2.24, 2.45) is 0 Å². The van der Waals surface area contributed by atoms with E-state index in [0.29, 0.717) is 30.9 Å². The molecule has 2 rings (SSSR count). The van der Waals surface area contributed by atoms with Gasteiger partial charge in [0.1, 0.15) is 0 Å². The Kier molecular flexibility index (Phi) is 6.45. The molecule has 0 spiro atoms. The zero-order chi connectivity index (χ0) is 14.5. The van der Waals surface area contributed by atoms with Gasteiger partial charge in [0.05, 0.1) is 31.8 Å².